The number of thioether (sulfide) groups is 1. The third-order valence-corrected chi connectivity index (χ3v) is 5.04. The highest BCUT2D eigenvalue weighted by molar-refractivity contribution is 7.99. The molecule has 2 nitrogen and oxygen atoms in total. The van der Waals surface area contributed by atoms with E-state index in [0.717, 1.165) is 12.0 Å². The summed E-state index contributed by atoms with van der Waals surface area (Å²) in [7, 11) is 0. The van der Waals surface area contributed by atoms with Crippen LogP contribution in [-0.4, -0.2) is 48.6 Å². The van der Waals surface area contributed by atoms with E-state index in [-0.39, 0.29) is 0 Å². The molecule has 2 aliphatic rings. The van der Waals surface area contributed by atoms with Gasteiger partial charge in [0.1, 0.15) is 0 Å². The molecule has 0 aromatic rings. The summed E-state index contributed by atoms with van der Waals surface area (Å²) in [5.41, 5.74) is 0. The Labute approximate surface area is 105 Å². The third kappa shape index (κ3) is 3.94. The van der Waals surface area contributed by atoms with Crippen molar-refractivity contribution in [3.8, 4) is 0 Å². The van der Waals surface area contributed by atoms with Crippen LogP contribution in [0.1, 0.15) is 32.6 Å². The van der Waals surface area contributed by atoms with Gasteiger partial charge >= 0.3 is 0 Å². The molecule has 0 saturated carbocycles. The molecule has 0 aromatic carbocycles. The van der Waals surface area contributed by atoms with Gasteiger partial charge in [0.2, 0.25) is 0 Å². The van der Waals surface area contributed by atoms with Crippen LogP contribution in [0.25, 0.3) is 0 Å². The zero-order valence-electron chi connectivity index (χ0n) is 10.6. The number of rotatable bonds is 5. The van der Waals surface area contributed by atoms with Crippen LogP contribution in [0.4, 0.5) is 0 Å². The van der Waals surface area contributed by atoms with E-state index in [4.69, 9.17) is 0 Å². The summed E-state index contributed by atoms with van der Waals surface area (Å²) in [5.74, 6) is 3.80. The minimum atomic E-state index is 0.800. The number of hydrogen-bond donors (Lipinski definition) is 1. The minimum absolute atomic E-state index is 0.800. The van der Waals surface area contributed by atoms with Gasteiger partial charge in [0.15, 0.2) is 0 Å². The van der Waals surface area contributed by atoms with E-state index in [9.17, 15) is 0 Å². The third-order valence-electron chi connectivity index (χ3n) is 3.81. The van der Waals surface area contributed by atoms with Gasteiger partial charge in [0.25, 0.3) is 0 Å². The molecule has 2 aliphatic heterocycles. The first-order chi connectivity index (χ1) is 7.88. The Kier molecular flexibility index (Phi) is 5.46. The quantitative estimate of drug-likeness (QED) is 0.796. The van der Waals surface area contributed by atoms with Crippen molar-refractivity contribution in [2.45, 2.75) is 38.6 Å². The largest absolute Gasteiger partial charge is 0.314 e. The van der Waals surface area contributed by atoms with Gasteiger partial charge < -0.3 is 10.2 Å². The standard InChI is InChI=1S/C13H26N2S/c1-2-6-14-13-3-7-15(8-4-13)10-12-5-9-16-11-12/h12-14H,2-11H2,1H3. The molecular formula is C13H26N2S. The molecule has 1 N–H and O–H groups in total. The highest BCUT2D eigenvalue weighted by Crippen LogP contribution is 2.25. The summed E-state index contributed by atoms with van der Waals surface area (Å²) in [6.45, 7) is 7.46. The van der Waals surface area contributed by atoms with Crippen molar-refractivity contribution in [2.24, 2.45) is 5.92 Å². The number of nitrogens with zero attached hydrogens (tertiary/aromatic N) is 1. The van der Waals surface area contributed by atoms with Crippen LogP contribution in [0.5, 0.6) is 0 Å². The van der Waals surface area contributed by atoms with Crippen LogP contribution in [0.2, 0.25) is 0 Å². The van der Waals surface area contributed by atoms with E-state index < -0.39 is 0 Å². The van der Waals surface area contributed by atoms with E-state index in [1.54, 1.807) is 0 Å². The second-order valence-corrected chi connectivity index (χ2v) is 6.41. The van der Waals surface area contributed by atoms with Crippen molar-refractivity contribution in [1.29, 1.82) is 0 Å². The fraction of sp³-hybridized carbons (Fsp3) is 1.00. The number of piperidine rings is 1. The topological polar surface area (TPSA) is 15.3 Å². The SMILES string of the molecule is CCCNC1CCN(CC2CCSC2)CC1. The van der Waals surface area contributed by atoms with Gasteiger partial charge in [-0.15, -0.1) is 0 Å². The van der Waals surface area contributed by atoms with Crippen molar-refractivity contribution in [3.05, 3.63) is 0 Å². The van der Waals surface area contributed by atoms with Gasteiger partial charge in [-0.3, -0.25) is 0 Å². The Morgan fingerprint density at radius 1 is 1.25 bits per heavy atom. The summed E-state index contributed by atoms with van der Waals surface area (Å²) < 4.78 is 0. The normalized spacial score (nSPS) is 28.7. The predicted octanol–water partition coefficient (Wildman–Crippen LogP) is 2.20. The lowest BCUT2D eigenvalue weighted by atomic mass is 10.0. The van der Waals surface area contributed by atoms with Gasteiger partial charge in [0.05, 0.1) is 0 Å². The van der Waals surface area contributed by atoms with Crippen molar-refractivity contribution in [3.63, 3.8) is 0 Å². The average molecular weight is 242 g/mol. The molecule has 1 unspecified atom stereocenters. The lowest BCUT2D eigenvalue weighted by molar-refractivity contribution is 0.177. The van der Waals surface area contributed by atoms with Crippen LogP contribution in [-0.2, 0) is 0 Å². The smallest absolute Gasteiger partial charge is 0.00914 e. The Morgan fingerprint density at radius 3 is 2.69 bits per heavy atom. The van der Waals surface area contributed by atoms with E-state index >= 15 is 0 Å². The molecule has 1 atom stereocenters. The molecule has 2 heterocycles. The molecule has 0 aromatic heterocycles. The van der Waals surface area contributed by atoms with Gasteiger partial charge in [0, 0.05) is 12.6 Å². The van der Waals surface area contributed by atoms with Crippen molar-refractivity contribution in [2.75, 3.05) is 37.7 Å². The lowest BCUT2D eigenvalue weighted by Crippen LogP contribution is -2.44. The summed E-state index contributed by atoms with van der Waals surface area (Å²) in [4.78, 5) is 2.70. The van der Waals surface area contributed by atoms with E-state index in [1.165, 1.54) is 63.4 Å². The molecule has 0 amide bonds. The molecular weight excluding hydrogens is 216 g/mol. The maximum atomic E-state index is 3.65. The first-order valence-corrected chi connectivity index (χ1v) is 8.07. The molecule has 94 valence electrons. The summed E-state index contributed by atoms with van der Waals surface area (Å²) in [6.07, 6.45) is 5.44. The summed E-state index contributed by atoms with van der Waals surface area (Å²) in [5, 5.41) is 3.65. The molecule has 2 rings (SSSR count). The highest BCUT2D eigenvalue weighted by atomic mass is 32.2. The minimum Gasteiger partial charge on any atom is -0.314 e. The van der Waals surface area contributed by atoms with Gasteiger partial charge in [-0.05, 0) is 62.7 Å². The zero-order chi connectivity index (χ0) is 11.2. The van der Waals surface area contributed by atoms with Gasteiger partial charge in [-0.25, -0.2) is 0 Å². The summed E-state index contributed by atoms with van der Waals surface area (Å²) in [6, 6.07) is 0.800. The fourth-order valence-electron chi connectivity index (χ4n) is 2.76. The first-order valence-electron chi connectivity index (χ1n) is 6.92. The van der Waals surface area contributed by atoms with Crippen molar-refractivity contribution >= 4 is 11.8 Å². The molecule has 0 aliphatic carbocycles. The second kappa shape index (κ2) is 6.87. The molecule has 2 saturated heterocycles. The van der Waals surface area contributed by atoms with Crippen molar-refractivity contribution < 1.29 is 0 Å². The highest BCUT2D eigenvalue weighted by Gasteiger charge is 2.23. The van der Waals surface area contributed by atoms with Crippen LogP contribution in [0.3, 0.4) is 0 Å². The molecule has 3 heteroatoms. The van der Waals surface area contributed by atoms with Gasteiger partial charge in [-0.1, -0.05) is 6.92 Å². The fourth-order valence-corrected chi connectivity index (χ4v) is 4.03. The van der Waals surface area contributed by atoms with Gasteiger partial charge in [-0.2, -0.15) is 11.8 Å². The number of hydrogen-bond acceptors (Lipinski definition) is 3. The van der Waals surface area contributed by atoms with E-state index in [1.807, 2.05) is 0 Å². The van der Waals surface area contributed by atoms with Crippen LogP contribution in [0, 0.1) is 5.92 Å². The van der Waals surface area contributed by atoms with Crippen molar-refractivity contribution in [1.82, 2.24) is 10.2 Å². The molecule has 2 fully saturated rings. The summed E-state index contributed by atoms with van der Waals surface area (Å²) >= 11 is 2.14. The number of likely N-dealkylation sites (tertiary alicyclic amines) is 1. The molecule has 0 bridgehead atoms. The molecule has 16 heavy (non-hydrogen) atoms. The first kappa shape index (κ1) is 12.7. The number of nitrogens with one attached hydrogen (secondary N) is 1. The second-order valence-electron chi connectivity index (χ2n) is 5.26. The maximum absolute atomic E-state index is 3.65. The van der Waals surface area contributed by atoms with Crippen LogP contribution >= 0.6 is 11.8 Å². The molecule has 0 radical (unpaired) electrons. The van der Waals surface area contributed by atoms with Crippen LogP contribution < -0.4 is 5.32 Å². The van der Waals surface area contributed by atoms with E-state index in [2.05, 4.69) is 28.9 Å². The Balaban J connectivity index is 1.60. The maximum Gasteiger partial charge on any atom is 0.00914 e. The monoisotopic (exact) mass is 242 g/mol. The predicted molar refractivity (Wildman–Crippen MR) is 73.2 cm³/mol. The average Bonchev–Trinajstić information content (AvgIpc) is 2.81. The van der Waals surface area contributed by atoms with E-state index in [0.29, 0.717) is 0 Å². The molecule has 0 spiro atoms. The Hall–Kier alpha value is 0.270. The van der Waals surface area contributed by atoms with Crippen LogP contribution in [0.15, 0.2) is 0 Å². The Morgan fingerprint density at radius 2 is 2.06 bits per heavy atom. The lowest BCUT2D eigenvalue weighted by Gasteiger charge is -2.33. The zero-order valence-corrected chi connectivity index (χ0v) is 11.4. The Bertz CT molecular complexity index is 184.